The number of hydrogen-bond acceptors (Lipinski definition) is 5. The van der Waals surface area contributed by atoms with Gasteiger partial charge >= 0.3 is 0 Å². The third-order valence-corrected chi connectivity index (χ3v) is 4.84. The van der Waals surface area contributed by atoms with Gasteiger partial charge in [0.15, 0.2) is 0 Å². The molecular formula is C13H20N4O3S. The van der Waals surface area contributed by atoms with Crippen molar-refractivity contribution in [3.05, 3.63) is 23.5 Å². The zero-order valence-corrected chi connectivity index (χ0v) is 13.3. The number of sulfonamides is 1. The molecule has 0 atom stereocenters. The highest BCUT2D eigenvalue weighted by Crippen LogP contribution is 2.18. The number of nitrogens with one attached hydrogen (secondary N) is 1. The summed E-state index contributed by atoms with van der Waals surface area (Å²) in [7, 11) is -1.43. The molecule has 0 saturated carbocycles. The number of amides is 1. The van der Waals surface area contributed by atoms with E-state index in [9.17, 15) is 13.2 Å². The molecule has 2 heterocycles. The second-order valence-corrected chi connectivity index (χ2v) is 7.06. The largest absolute Gasteiger partial charge is 0.387 e. The summed E-state index contributed by atoms with van der Waals surface area (Å²) in [4.78, 5) is 18.4. The van der Waals surface area contributed by atoms with Crippen LogP contribution in [0, 0.1) is 6.92 Å². The molecule has 1 amide bonds. The molecule has 1 aromatic heterocycles. The van der Waals surface area contributed by atoms with Crippen molar-refractivity contribution in [2.24, 2.45) is 0 Å². The lowest BCUT2D eigenvalue weighted by Gasteiger charge is -2.33. The highest BCUT2D eigenvalue weighted by molar-refractivity contribution is 7.88. The van der Waals surface area contributed by atoms with Crippen LogP contribution in [-0.4, -0.2) is 68.0 Å². The number of anilines is 1. The molecule has 7 nitrogen and oxygen atoms in total. The van der Waals surface area contributed by atoms with Gasteiger partial charge in [-0.3, -0.25) is 9.78 Å². The Labute approximate surface area is 125 Å². The summed E-state index contributed by atoms with van der Waals surface area (Å²) in [5.41, 5.74) is 2.08. The number of piperazine rings is 1. The van der Waals surface area contributed by atoms with Gasteiger partial charge in [-0.15, -0.1) is 0 Å². The van der Waals surface area contributed by atoms with E-state index in [1.165, 1.54) is 10.6 Å². The molecule has 21 heavy (non-hydrogen) atoms. The van der Waals surface area contributed by atoms with Crippen LogP contribution in [0.4, 0.5) is 5.69 Å². The Balaban J connectivity index is 2.12. The second-order valence-electron chi connectivity index (χ2n) is 5.08. The molecule has 2 rings (SSSR count). The van der Waals surface area contributed by atoms with Crippen molar-refractivity contribution in [3.63, 3.8) is 0 Å². The summed E-state index contributed by atoms with van der Waals surface area (Å²) >= 11 is 0. The van der Waals surface area contributed by atoms with Crippen LogP contribution in [0.2, 0.25) is 0 Å². The smallest absolute Gasteiger partial charge is 0.257 e. The van der Waals surface area contributed by atoms with Crippen LogP contribution >= 0.6 is 0 Å². The molecule has 8 heteroatoms. The first-order valence-electron chi connectivity index (χ1n) is 6.71. The molecule has 1 aromatic rings. The molecular weight excluding hydrogens is 292 g/mol. The molecule has 0 unspecified atom stereocenters. The van der Waals surface area contributed by atoms with Crippen LogP contribution < -0.4 is 5.32 Å². The van der Waals surface area contributed by atoms with Crippen LogP contribution in [-0.2, 0) is 10.0 Å². The van der Waals surface area contributed by atoms with Gasteiger partial charge in [0.2, 0.25) is 10.0 Å². The van der Waals surface area contributed by atoms with Gasteiger partial charge < -0.3 is 10.2 Å². The van der Waals surface area contributed by atoms with Crippen LogP contribution in [0.5, 0.6) is 0 Å². The number of nitrogens with zero attached hydrogens (tertiary/aromatic N) is 3. The number of aromatic nitrogens is 1. The predicted molar refractivity (Wildman–Crippen MR) is 80.8 cm³/mol. The third kappa shape index (κ3) is 3.51. The maximum atomic E-state index is 12.5. The van der Waals surface area contributed by atoms with Crippen molar-refractivity contribution in [3.8, 4) is 0 Å². The Hall–Kier alpha value is -1.67. The van der Waals surface area contributed by atoms with E-state index in [0.29, 0.717) is 31.7 Å². The van der Waals surface area contributed by atoms with E-state index < -0.39 is 10.0 Å². The zero-order chi connectivity index (χ0) is 15.6. The SMILES string of the molecule is CNc1cc(C)ncc1C(=O)N1CCN(S(C)(=O)=O)CC1. The Morgan fingerprint density at radius 1 is 1.29 bits per heavy atom. The number of rotatable bonds is 3. The van der Waals surface area contributed by atoms with Crippen molar-refractivity contribution in [1.29, 1.82) is 0 Å². The van der Waals surface area contributed by atoms with Gasteiger partial charge in [-0.1, -0.05) is 0 Å². The Kier molecular flexibility index (Phi) is 4.48. The normalized spacial score (nSPS) is 16.8. The first-order chi connectivity index (χ1) is 9.82. The maximum Gasteiger partial charge on any atom is 0.257 e. The molecule has 0 spiro atoms. The first-order valence-corrected chi connectivity index (χ1v) is 8.56. The monoisotopic (exact) mass is 312 g/mol. The van der Waals surface area contributed by atoms with E-state index in [1.54, 1.807) is 18.1 Å². The number of carbonyl (C=O) groups is 1. The molecule has 0 bridgehead atoms. The van der Waals surface area contributed by atoms with Gasteiger partial charge in [0.25, 0.3) is 5.91 Å². The molecule has 1 fully saturated rings. The van der Waals surface area contributed by atoms with E-state index in [1.807, 2.05) is 13.0 Å². The predicted octanol–water partition coefficient (Wildman–Crippen LogP) is 0.149. The molecule has 0 radical (unpaired) electrons. The van der Waals surface area contributed by atoms with Gasteiger partial charge in [0, 0.05) is 45.1 Å². The molecule has 1 aliphatic heterocycles. The van der Waals surface area contributed by atoms with E-state index in [2.05, 4.69) is 10.3 Å². The quantitative estimate of drug-likeness (QED) is 0.859. The van der Waals surface area contributed by atoms with Crippen LogP contribution in [0.15, 0.2) is 12.3 Å². The summed E-state index contributed by atoms with van der Waals surface area (Å²) in [6, 6.07) is 1.82. The fraction of sp³-hybridized carbons (Fsp3) is 0.538. The van der Waals surface area contributed by atoms with E-state index in [-0.39, 0.29) is 5.91 Å². The highest BCUT2D eigenvalue weighted by Gasteiger charge is 2.27. The van der Waals surface area contributed by atoms with Crippen molar-refractivity contribution >= 4 is 21.6 Å². The molecule has 0 aliphatic carbocycles. The van der Waals surface area contributed by atoms with E-state index in [4.69, 9.17) is 0 Å². The number of aryl methyl sites for hydroxylation is 1. The van der Waals surface area contributed by atoms with Gasteiger partial charge in [0.05, 0.1) is 17.5 Å². The van der Waals surface area contributed by atoms with Crippen molar-refractivity contribution in [1.82, 2.24) is 14.2 Å². The lowest BCUT2D eigenvalue weighted by atomic mass is 10.1. The number of carbonyl (C=O) groups excluding carboxylic acids is 1. The van der Waals surface area contributed by atoms with Gasteiger partial charge in [-0.25, -0.2) is 8.42 Å². The summed E-state index contributed by atoms with van der Waals surface area (Å²) in [6.45, 7) is 3.31. The Bertz CT molecular complexity index is 637. The molecule has 1 aliphatic rings. The molecule has 116 valence electrons. The summed E-state index contributed by atoms with van der Waals surface area (Å²) in [5.74, 6) is -0.125. The van der Waals surface area contributed by atoms with Crippen LogP contribution in [0.1, 0.15) is 16.1 Å². The first kappa shape index (κ1) is 15.7. The lowest BCUT2D eigenvalue weighted by molar-refractivity contribution is 0.0699. The average molecular weight is 312 g/mol. The van der Waals surface area contributed by atoms with Gasteiger partial charge in [-0.2, -0.15) is 4.31 Å². The average Bonchev–Trinajstić information content (AvgIpc) is 2.45. The van der Waals surface area contributed by atoms with E-state index in [0.717, 1.165) is 11.4 Å². The summed E-state index contributed by atoms with van der Waals surface area (Å²) < 4.78 is 24.3. The second kappa shape index (κ2) is 5.98. The van der Waals surface area contributed by atoms with Gasteiger partial charge in [-0.05, 0) is 13.0 Å². The minimum absolute atomic E-state index is 0.125. The number of hydrogen-bond donors (Lipinski definition) is 1. The fourth-order valence-corrected chi connectivity index (χ4v) is 3.16. The maximum absolute atomic E-state index is 12.5. The fourth-order valence-electron chi connectivity index (χ4n) is 2.33. The highest BCUT2D eigenvalue weighted by atomic mass is 32.2. The van der Waals surface area contributed by atoms with Crippen LogP contribution in [0.3, 0.4) is 0 Å². The van der Waals surface area contributed by atoms with Gasteiger partial charge in [0.1, 0.15) is 0 Å². The summed E-state index contributed by atoms with van der Waals surface area (Å²) in [6.07, 6.45) is 2.75. The minimum Gasteiger partial charge on any atom is -0.387 e. The molecule has 1 saturated heterocycles. The molecule has 1 N–H and O–H groups in total. The number of pyridine rings is 1. The molecule has 0 aromatic carbocycles. The third-order valence-electron chi connectivity index (χ3n) is 3.54. The van der Waals surface area contributed by atoms with Crippen molar-refractivity contribution in [2.45, 2.75) is 6.92 Å². The van der Waals surface area contributed by atoms with Crippen molar-refractivity contribution < 1.29 is 13.2 Å². The minimum atomic E-state index is -3.19. The van der Waals surface area contributed by atoms with Crippen molar-refractivity contribution in [2.75, 3.05) is 44.8 Å². The Morgan fingerprint density at radius 3 is 2.43 bits per heavy atom. The zero-order valence-electron chi connectivity index (χ0n) is 12.5. The topological polar surface area (TPSA) is 82.6 Å². The summed E-state index contributed by atoms with van der Waals surface area (Å²) in [5, 5.41) is 3.00. The van der Waals surface area contributed by atoms with E-state index >= 15 is 0 Å². The standard InChI is InChI=1S/C13H20N4O3S/c1-10-8-12(14-2)11(9-15-10)13(18)16-4-6-17(7-5-16)21(3,19)20/h8-9H,4-7H2,1-3H3,(H,14,15). The Morgan fingerprint density at radius 2 is 1.90 bits per heavy atom. The van der Waals surface area contributed by atoms with Crippen LogP contribution in [0.25, 0.3) is 0 Å². The lowest BCUT2D eigenvalue weighted by Crippen LogP contribution is -2.50.